The van der Waals surface area contributed by atoms with E-state index in [4.69, 9.17) is 21.3 Å². The Morgan fingerprint density at radius 1 is 1.15 bits per heavy atom. The van der Waals surface area contributed by atoms with E-state index >= 15 is 0 Å². The third-order valence-corrected chi connectivity index (χ3v) is 7.35. The molecule has 0 saturated carbocycles. The summed E-state index contributed by atoms with van der Waals surface area (Å²) in [5.74, 6) is 0.842. The number of halogens is 1. The number of nitrogens with zero attached hydrogens (tertiary/aromatic N) is 6. The molecule has 5 rings (SSSR count). The van der Waals surface area contributed by atoms with Gasteiger partial charge in [-0.15, -0.1) is 0 Å². The van der Waals surface area contributed by atoms with Crippen LogP contribution in [-0.2, 0) is 9.53 Å². The van der Waals surface area contributed by atoms with Gasteiger partial charge in [-0.1, -0.05) is 22.7 Å². The predicted molar refractivity (Wildman–Crippen MR) is 123 cm³/mol. The third-order valence-electron chi connectivity index (χ3n) is 6.94. The molecule has 1 aromatic heterocycles. The van der Waals surface area contributed by atoms with Crippen LogP contribution in [0.15, 0.2) is 23.2 Å². The number of imidazole rings is 1. The number of amides is 3. The molecule has 2 fully saturated rings. The van der Waals surface area contributed by atoms with Gasteiger partial charge in [-0.2, -0.15) is 4.57 Å². The van der Waals surface area contributed by atoms with Gasteiger partial charge in [-0.05, 0) is 32.9 Å². The van der Waals surface area contributed by atoms with Gasteiger partial charge in [-0.25, -0.2) is 9.36 Å². The fourth-order valence-corrected chi connectivity index (χ4v) is 5.00. The number of hydrogen-bond acceptors (Lipinski definition) is 5. The van der Waals surface area contributed by atoms with Gasteiger partial charge >= 0.3 is 12.0 Å². The van der Waals surface area contributed by atoms with Gasteiger partial charge in [0.25, 0.3) is 5.91 Å². The Kier molecular flexibility index (Phi) is 5.50. The summed E-state index contributed by atoms with van der Waals surface area (Å²) in [6.07, 6.45) is 0. The van der Waals surface area contributed by atoms with E-state index in [2.05, 4.69) is 4.90 Å². The highest BCUT2D eigenvalue weighted by molar-refractivity contribution is 6.31. The number of urea groups is 1. The molecule has 0 aliphatic carbocycles. The summed E-state index contributed by atoms with van der Waals surface area (Å²) >= 11 is 6.40. The van der Waals surface area contributed by atoms with Crippen molar-refractivity contribution in [1.82, 2.24) is 19.3 Å². The Hall–Kier alpha value is -2.75. The number of rotatable bonds is 4. The molecule has 0 bridgehead atoms. The number of likely N-dealkylation sites (N-methyl/N-ethyl adjacent to an activating group) is 1. The maximum atomic E-state index is 13.6. The lowest BCUT2D eigenvalue weighted by atomic mass is 10.1. The lowest BCUT2D eigenvalue weighted by molar-refractivity contribution is -0.682. The molecule has 0 radical (unpaired) electrons. The van der Waals surface area contributed by atoms with Crippen LogP contribution in [0.25, 0.3) is 5.69 Å². The number of imide groups is 1. The number of fused-ring (bicyclic) bond motifs is 3. The second-order valence-corrected chi connectivity index (χ2v) is 9.13. The van der Waals surface area contributed by atoms with Gasteiger partial charge in [0, 0.05) is 43.8 Å². The fourth-order valence-electron chi connectivity index (χ4n) is 4.83. The van der Waals surface area contributed by atoms with Gasteiger partial charge in [0.1, 0.15) is 17.1 Å². The maximum absolute atomic E-state index is 13.6. The van der Waals surface area contributed by atoms with Crippen LogP contribution in [0.2, 0.25) is 5.02 Å². The summed E-state index contributed by atoms with van der Waals surface area (Å²) in [6.45, 7) is 9.89. The van der Waals surface area contributed by atoms with Gasteiger partial charge in [0.2, 0.25) is 11.9 Å². The van der Waals surface area contributed by atoms with Crippen LogP contribution in [-0.4, -0.2) is 83.5 Å². The van der Waals surface area contributed by atoms with Crippen LogP contribution in [0.3, 0.4) is 0 Å². The van der Waals surface area contributed by atoms with Crippen molar-refractivity contribution in [2.24, 2.45) is 4.99 Å². The lowest BCUT2D eigenvalue weighted by Crippen LogP contribution is -2.64. The molecule has 3 aliphatic heterocycles. The summed E-state index contributed by atoms with van der Waals surface area (Å²) < 4.78 is 9.36. The van der Waals surface area contributed by atoms with Gasteiger partial charge in [0.05, 0.1) is 13.2 Å². The normalized spacial score (nSPS) is 20.9. The van der Waals surface area contributed by atoms with E-state index in [-0.39, 0.29) is 11.9 Å². The molecule has 4 heterocycles. The Bertz CT molecular complexity index is 1180. The summed E-state index contributed by atoms with van der Waals surface area (Å²) in [5.41, 5.74) is 3.74. The topological polar surface area (TPSA) is 74.3 Å². The van der Waals surface area contributed by atoms with Gasteiger partial charge in [-0.3, -0.25) is 19.5 Å². The van der Waals surface area contributed by atoms with E-state index < -0.39 is 6.04 Å². The zero-order valence-electron chi connectivity index (χ0n) is 19.3. The van der Waals surface area contributed by atoms with E-state index in [1.807, 2.05) is 48.1 Å². The number of morpholine rings is 1. The summed E-state index contributed by atoms with van der Waals surface area (Å²) in [6, 6.07) is 4.75. The number of benzene rings is 1. The van der Waals surface area contributed by atoms with Crippen molar-refractivity contribution in [3.05, 3.63) is 40.2 Å². The first kappa shape index (κ1) is 22.1. The van der Waals surface area contributed by atoms with Gasteiger partial charge in [0.15, 0.2) is 0 Å². The molecule has 1 aromatic carbocycles. The van der Waals surface area contributed by atoms with Crippen molar-refractivity contribution in [2.45, 2.75) is 26.8 Å². The zero-order chi connectivity index (χ0) is 23.4. The molecule has 0 N–H and O–H groups in total. The second-order valence-electron chi connectivity index (χ2n) is 8.72. The Balaban J connectivity index is 1.53. The van der Waals surface area contributed by atoms with Crippen molar-refractivity contribution in [3.8, 4) is 5.69 Å². The van der Waals surface area contributed by atoms with E-state index in [1.54, 1.807) is 7.05 Å². The van der Waals surface area contributed by atoms with Crippen molar-refractivity contribution in [1.29, 1.82) is 0 Å². The fraction of sp³-hybridized carbons (Fsp3) is 0.478. The van der Waals surface area contributed by atoms with Crippen LogP contribution < -0.4 is 4.57 Å². The lowest BCUT2D eigenvalue weighted by Gasteiger charge is -2.35. The first-order valence-corrected chi connectivity index (χ1v) is 11.6. The van der Waals surface area contributed by atoms with Crippen molar-refractivity contribution in [3.63, 3.8) is 0 Å². The van der Waals surface area contributed by atoms with Crippen LogP contribution in [0, 0.1) is 20.8 Å². The first-order valence-electron chi connectivity index (χ1n) is 11.2. The molecule has 1 unspecified atom stereocenters. The van der Waals surface area contributed by atoms with Crippen LogP contribution in [0.5, 0.6) is 0 Å². The maximum Gasteiger partial charge on any atom is 0.407 e. The number of ether oxygens (including phenoxy) is 1. The quantitative estimate of drug-likeness (QED) is 0.640. The minimum atomic E-state index is -0.660. The number of carbonyl (C=O) groups is 2. The van der Waals surface area contributed by atoms with Crippen molar-refractivity contribution < 1.29 is 18.9 Å². The highest BCUT2D eigenvalue weighted by atomic mass is 35.5. The second kappa shape index (κ2) is 8.23. The minimum absolute atomic E-state index is 0.239. The molecule has 2 aromatic rings. The number of carbonyl (C=O) groups excluding carboxylic acids is 2. The average molecular weight is 472 g/mol. The Morgan fingerprint density at radius 3 is 2.61 bits per heavy atom. The third kappa shape index (κ3) is 3.37. The molecule has 174 valence electrons. The predicted octanol–water partition coefficient (Wildman–Crippen LogP) is 2.15. The average Bonchev–Trinajstić information content (AvgIpc) is 3.31. The van der Waals surface area contributed by atoms with Crippen LogP contribution in [0.1, 0.15) is 23.0 Å². The number of aliphatic imine (C=N–C) groups is 1. The highest BCUT2D eigenvalue weighted by Gasteiger charge is 2.54. The molecule has 33 heavy (non-hydrogen) atoms. The van der Waals surface area contributed by atoms with E-state index in [0.29, 0.717) is 43.1 Å². The van der Waals surface area contributed by atoms with Gasteiger partial charge < -0.3 is 4.74 Å². The number of aromatic nitrogens is 2. The Labute approximate surface area is 197 Å². The molecule has 3 amide bonds. The van der Waals surface area contributed by atoms with E-state index in [0.717, 1.165) is 35.7 Å². The molecular weight excluding hydrogens is 444 g/mol. The number of amidine groups is 1. The largest absolute Gasteiger partial charge is 0.407 e. The highest BCUT2D eigenvalue weighted by Crippen LogP contribution is 2.34. The first-order chi connectivity index (χ1) is 15.8. The monoisotopic (exact) mass is 471 g/mol. The van der Waals surface area contributed by atoms with Crippen LogP contribution >= 0.6 is 11.6 Å². The summed E-state index contributed by atoms with van der Waals surface area (Å²) in [4.78, 5) is 36.6. The van der Waals surface area contributed by atoms with Crippen molar-refractivity contribution >= 4 is 35.3 Å². The number of hydrogen-bond donors (Lipinski definition) is 0. The smallest absolute Gasteiger partial charge is 0.379 e. The SMILES string of the molecule is Cc1c(Cl)cccc1-n1c(C)c(C)[n+]2c1N=C1C2C(=O)N(CCN2CCOCC2)C(=O)N1C. The molecule has 3 aliphatic rings. The summed E-state index contributed by atoms with van der Waals surface area (Å²) in [7, 11) is 1.69. The van der Waals surface area contributed by atoms with Crippen molar-refractivity contribution in [2.75, 3.05) is 46.4 Å². The molecule has 1 atom stereocenters. The van der Waals surface area contributed by atoms with E-state index in [9.17, 15) is 9.59 Å². The molecule has 10 heteroatoms. The standard InChI is InChI=1S/C23H28ClN6O3/c1-14-17(24)6-5-7-18(14)29-15(2)16(3)30-19-20(25-22(29)30)26(4)23(32)28(21(19)31)9-8-27-10-12-33-13-11-27/h5-7,19H,8-13H2,1-4H3/q+1. The molecular formula is C23H28ClN6O3+. The minimum Gasteiger partial charge on any atom is -0.379 e. The zero-order valence-corrected chi connectivity index (χ0v) is 20.1. The molecule has 9 nitrogen and oxygen atoms in total. The Morgan fingerprint density at radius 2 is 1.88 bits per heavy atom. The summed E-state index contributed by atoms with van der Waals surface area (Å²) in [5, 5.41) is 0.665. The van der Waals surface area contributed by atoms with Crippen LogP contribution in [0.4, 0.5) is 10.7 Å². The molecule has 0 spiro atoms. The van der Waals surface area contributed by atoms with E-state index in [1.165, 1.54) is 9.80 Å². The molecule has 2 saturated heterocycles.